The maximum Gasteiger partial charge on any atom is 0.355 e. The Kier molecular flexibility index (Phi) is 39.5. The van der Waals surface area contributed by atoms with Gasteiger partial charge in [-0.15, -0.1) is 0 Å². The molecule has 23 N–H and O–H groups in total. The number of ether oxygens (including phenoxy) is 6. The quantitative estimate of drug-likeness (QED) is 0.0443. The first-order valence-corrected chi connectivity index (χ1v) is 45.8. The molecule has 1 aliphatic carbocycles. The van der Waals surface area contributed by atoms with Crippen LogP contribution in [0.4, 0.5) is 0 Å². The Labute approximate surface area is 795 Å². The third kappa shape index (κ3) is 27.5. The number of aliphatic hydroxyl groups is 9. The highest BCUT2D eigenvalue weighted by Gasteiger charge is 2.54. The molecule has 7 aliphatic heterocycles. The second-order valence-corrected chi connectivity index (χ2v) is 35.3. The van der Waals surface area contributed by atoms with Gasteiger partial charge in [0.25, 0.3) is 11.8 Å². The maximum absolute atomic E-state index is 14.8. The monoisotopic (exact) mass is 1930 g/mol. The first kappa shape index (κ1) is 108. The molecule has 5 saturated heterocycles. The molecule has 45 heteroatoms. The van der Waals surface area contributed by atoms with Crippen molar-refractivity contribution in [1.82, 2.24) is 56.2 Å². The summed E-state index contributed by atoms with van der Waals surface area (Å²) in [5.41, 5.74) is 24.4. The molecule has 2 aromatic carbocycles. The molecule has 2 bridgehead atoms. The number of aromatic nitrogens is 2. The number of likely N-dealkylation sites (N-methyl/N-ethyl adjacent to an activating group) is 1. The van der Waals surface area contributed by atoms with E-state index in [1.165, 1.54) is 58.0 Å². The van der Waals surface area contributed by atoms with Gasteiger partial charge in [-0.25, -0.2) is 19.6 Å². The number of oxazole rings is 1. The smallest absolute Gasteiger partial charge is 0.355 e. The van der Waals surface area contributed by atoms with Crippen molar-refractivity contribution >= 4 is 76.7 Å². The summed E-state index contributed by atoms with van der Waals surface area (Å²) in [4.78, 5) is 190. The van der Waals surface area contributed by atoms with Gasteiger partial charge in [0.1, 0.15) is 139 Å². The Morgan fingerprint density at radius 1 is 0.732 bits per heavy atom. The summed E-state index contributed by atoms with van der Waals surface area (Å²) in [6.07, 6.45) is -10.1. The van der Waals surface area contributed by atoms with E-state index < -0.39 is 230 Å². The Morgan fingerprint density at radius 3 is 2.09 bits per heavy atom. The summed E-state index contributed by atoms with van der Waals surface area (Å²) in [7, 11) is 1.47. The van der Waals surface area contributed by atoms with Gasteiger partial charge in [-0.2, -0.15) is 0 Å². The van der Waals surface area contributed by atoms with Gasteiger partial charge in [-0.1, -0.05) is 124 Å². The van der Waals surface area contributed by atoms with Crippen molar-refractivity contribution in [2.75, 3.05) is 52.9 Å². The molecule has 0 spiro atoms. The van der Waals surface area contributed by atoms with Crippen molar-refractivity contribution in [2.24, 2.45) is 34.8 Å². The molecule has 754 valence electrons. The molecule has 9 amide bonds. The van der Waals surface area contributed by atoms with E-state index in [-0.39, 0.29) is 149 Å². The number of benzene rings is 2. The highest BCUT2D eigenvalue weighted by atomic mass is 16.7. The first-order chi connectivity index (χ1) is 65.7. The Balaban J connectivity index is 0.000000222. The van der Waals surface area contributed by atoms with Crippen LogP contribution in [0.2, 0.25) is 0 Å². The number of hydrogen-bond donors (Lipinski definition) is 19. The number of Topliss-reactive ketones (excluding diaryl/α,β-unsaturated/α-hetero) is 2. The minimum absolute atomic E-state index is 0.0101. The average Bonchev–Trinajstić information content (AvgIpc) is 0.907. The molecule has 1 saturated carbocycles. The van der Waals surface area contributed by atoms with Crippen LogP contribution in [0.5, 0.6) is 5.75 Å². The number of aromatic hydroxyl groups is 1. The number of fused-ring (bicyclic) bond motifs is 5. The van der Waals surface area contributed by atoms with Crippen LogP contribution in [0.3, 0.4) is 0 Å². The van der Waals surface area contributed by atoms with E-state index in [9.17, 15) is 113 Å². The van der Waals surface area contributed by atoms with Crippen LogP contribution in [0.25, 0.3) is 0 Å². The van der Waals surface area contributed by atoms with E-state index in [0.717, 1.165) is 17.4 Å². The SMILES string of the molecule is CC1=CC(O)CC(=O)Cc2nc(co2)C(=O)N2CCC=C2C(=O)OC(C(C)C)C(C)C=CC(=O)NCC=C1.CCC1NC(=O)C(NC(=O)c2ncccc2O)C(C)OC(=O)C(c2ccccc2)NC(=O)C2CC(=O)CCN2C(=O)C(Cc2ccccc2)N(C)C(=O)C2CCCN2C1=O.NCC[C@H](O)C(=O)N[C@@H]1C[C@H](N)[C@@H](O[C@H]2O[C@H](CN)[C@@H](O)[C@H](O)[C@H]2O)[C@H](O)[C@H]1O[C@H]1O[C@H](CO)[C@@H](O)[C@H](N)[C@H]1O. The van der Waals surface area contributed by atoms with E-state index in [1.807, 2.05) is 26.8 Å². The first-order valence-electron chi connectivity index (χ1n) is 45.8. The number of ketones is 2. The molecule has 6 fully saturated rings. The van der Waals surface area contributed by atoms with Crippen LogP contribution in [0.1, 0.15) is 143 Å². The van der Waals surface area contributed by atoms with Crippen LogP contribution >= 0.6 is 0 Å². The van der Waals surface area contributed by atoms with Crippen molar-refractivity contribution in [3.05, 3.63) is 161 Å². The molecule has 26 atom stereocenters. The number of pyridine rings is 1. The third-order valence-electron chi connectivity index (χ3n) is 24.9. The van der Waals surface area contributed by atoms with Gasteiger partial charge < -0.3 is 153 Å². The molecule has 2 aromatic heterocycles. The highest BCUT2D eigenvalue weighted by Crippen LogP contribution is 2.35. The third-order valence-corrected chi connectivity index (χ3v) is 24.9. The number of nitrogens with one attached hydrogen (secondary N) is 5. The van der Waals surface area contributed by atoms with E-state index in [1.54, 1.807) is 98.8 Å². The fourth-order valence-electron chi connectivity index (χ4n) is 17.3. The lowest BCUT2D eigenvalue weighted by Crippen LogP contribution is -2.69. The van der Waals surface area contributed by atoms with E-state index in [4.69, 9.17) is 55.8 Å². The van der Waals surface area contributed by atoms with Gasteiger partial charge >= 0.3 is 11.9 Å². The molecule has 8 aliphatic rings. The maximum atomic E-state index is 14.8. The van der Waals surface area contributed by atoms with Crippen LogP contribution < -0.4 is 49.5 Å². The zero-order valence-electron chi connectivity index (χ0n) is 77.5. The number of rotatable bonds is 17. The van der Waals surface area contributed by atoms with Crippen LogP contribution in [-0.2, 0) is 94.0 Å². The summed E-state index contributed by atoms with van der Waals surface area (Å²) >= 11 is 0. The Bertz CT molecular complexity index is 5020. The number of nitrogens with two attached hydrogens (primary N) is 4. The molecular weight excluding hydrogens is 1810 g/mol. The minimum Gasteiger partial charge on any atom is -0.505 e. The zero-order chi connectivity index (χ0) is 101. The second kappa shape index (κ2) is 50.3. The van der Waals surface area contributed by atoms with Crippen molar-refractivity contribution in [3.63, 3.8) is 0 Å². The second-order valence-electron chi connectivity index (χ2n) is 35.3. The van der Waals surface area contributed by atoms with Crippen molar-refractivity contribution in [1.29, 1.82) is 0 Å². The lowest BCUT2D eigenvalue weighted by Gasteiger charge is -2.49. The fraction of sp³-hybridized carbons (Fsp3) is 0.559. The number of carbonyl (C=O) groups is 13. The van der Waals surface area contributed by atoms with Crippen molar-refractivity contribution in [3.8, 4) is 5.75 Å². The summed E-state index contributed by atoms with van der Waals surface area (Å²) in [6.45, 7) is 10.1. The number of esters is 2. The summed E-state index contributed by atoms with van der Waals surface area (Å²) in [5.74, 6) is -9.21. The summed E-state index contributed by atoms with van der Waals surface area (Å²) in [5, 5.41) is 116. The van der Waals surface area contributed by atoms with E-state index in [2.05, 4.69) is 36.6 Å². The molecule has 9 heterocycles. The van der Waals surface area contributed by atoms with E-state index in [0.29, 0.717) is 12.8 Å². The number of carbonyl (C=O) groups excluding carboxylic acids is 13. The zero-order valence-corrected chi connectivity index (χ0v) is 77.5. The van der Waals surface area contributed by atoms with Crippen LogP contribution in [0.15, 0.2) is 137 Å². The number of allylic oxidation sites excluding steroid dienone is 2. The van der Waals surface area contributed by atoms with Crippen LogP contribution in [-0.4, -0.2) is 357 Å². The number of amides is 9. The number of hydrogen-bond acceptors (Lipinski definition) is 36. The van der Waals surface area contributed by atoms with Gasteiger partial charge in [0.2, 0.25) is 47.2 Å². The van der Waals surface area contributed by atoms with Gasteiger partial charge in [0.15, 0.2) is 30.0 Å². The molecule has 4 aromatic rings. The minimum atomic E-state index is -1.76. The molecule has 0 radical (unpaired) electrons. The van der Waals surface area contributed by atoms with Gasteiger partial charge in [-0.05, 0) is 94.2 Å². The number of piperidine rings is 1. The normalized spacial score (nSPS) is 31.8. The largest absolute Gasteiger partial charge is 0.505 e. The molecule has 45 nitrogen and oxygen atoms in total. The number of nitrogens with zero attached hydrogens (tertiary/aromatic N) is 6. The molecule has 12 rings (SSSR count). The lowest BCUT2D eigenvalue weighted by atomic mass is 9.83. The topological polar surface area (TPSA) is 696 Å². The van der Waals surface area contributed by atoms with Gasteiger partial charge in [-0.3, -0.25) is 52.7 Å². The predicted molar refractivity (Wildman–Crippen MR) is 483 cm³/mol. The summed E-state index contributed by atoms with van der Waals surface area (Å²) < 4.78 is 39.5. The number of aliphatic hydroxyl groups excluding tert-OH is 9. The average molecular weight is 1940 g/mol. The van der Waals surface area contributed by atoms with Gasteiger partial charge in [0, 0.05) is 83.6 Å². The van der Waals surface area contributed by atoms with Crippen molar-refractivity contribution in [2.45, 2.75) is 265 Å². The van der Waals surface area contributed by atoms with E-state index >= 15 is 0 Å². The van der Waals surface area contributed by atoms with Gasteiger partial charge in [0.05, 0.1) is 31.2 Å². The van der Waals surface area contributed by atoms with Crippen molar-refractivity contribution < 1.29 is 146 Å². The lowest BCUT2D eigenvalue weighted by molar-refractivity contribution is -0.332. The summed E-state index contributed by atoms with van der Waals surface area (Å²) in [6, 6.07) is 8.25. The fourth-order valence-corrected chi connectivity index (χ4v) is 17.3. The molecule has 10 unspecified atom stereocenters. The molecular formula is C93H127N15O30. The predicted octanol–water partition coefficient (Wildman–Crippen LogP) is -4.56. The Morgan fingerprint density at radius 2 is 1.41 bits per heavy atom. The molecule has 138 heavy (non-hydrogen) atoms. The highest BCUT2D eigenvalue weighted by molar-refractivity contribution is 6.03. The number of cyclic esters (lactones) is 2. The standard InChI is InChI=1S/C43H49N7O10.C28H35N3O7.C22H43N5O13/c1-4-29-40(56)49-21-12-17-30(49)41(57)48(3)32(23-26-13-7-5-8-14-26)42(58)50-22-19-28(51)24-31(50)37(53)47-35(27-15-9-6-10-16-27)43(59)60-25(2)34(38(54)45-29)46-39(55)36-33(52)18-11-20-44-36;1-17(2)26-19(4)9-10-24(34)29-11-5-7-18(3)13-20(32)14-21(33)15-25-30-22(16-37-25)27(35)31-12-6-8-23(31)28(36)38-26;23-2-1-8(29)20(36)27-7-3-6(25)18(39-22-16(34)15(33)13(31)9(4-24)37-22)17(35)19(7)40-21-14(32)11(26)12(30)10(5-28)38-21/h5-11,13-16,18,20,25,29-32,34-35,52H,4,12,17,19,21-24H2,1-3H3,(H,45,54)(H,46,55)(H,47,53);5,7-10,13,16-17,19-20,26,32H,6,11-12,14-15H2,1-4H3,(H,29,34);6-19,21-22,28-35H,1-5,23-26H2,(H,27,36)/t;;6-,7+,8-,9+,10+,11-,12+,13+,14+,15-,16+,17-,18+,19-,21+,22+/m..0/s1. The Hall–Kier alpha value is -11.6. The van der Waals surface area contributed by atoms with Crippen LogP contribution in [0, 0.1) is 11.8 Å².